The van der Waals surface area contributed by atoms with Crippen molar-refractivity contribution in [2.75, 3.05) is 13.6 Å². The zero-order chi connectivity index (χ0) is 13.5. The maximum atomic E-state index is 11.4. The minimum atomic E-state index is -0.496. The highest BCUT2D eigenvalue weighted by Gasteiger charge is 2.13. The Morgan fingerprint density at radius 1 is 1.44 bits per heavy atom. The average Bonchev–Trinajstić information content (AvgIpc) is 2.35. The number of carbonyl (C=O) groups is 2. The lowest BCUT2D eigenvalue weighted by Gasteiger charge is -2.11. The Kier molecular flexibility index (Phi) is 5.61. The van der Waals surface area contributed by atoms with E-state index >= 15 is 0 Å². The minimum Gasteiger partial charge on any atom is -0.341 e. The number of carbonyl (C=O) groups excluding carboxylic acids is 2. The standard InChI is InChI=1S/C12H16ClN3O2/c1-8(9-4-3-5-10(13)6-9)15-7-11(17)16-12(18)14-2/h3-6,8,15H,7H2,1-2H3,(H2,14,16,17,18)/p+1/t8-/m1/s1. The molecule has 0 aromatic heterocycles. The third-order valence-electron chi connectivity index (χ3n) is 2.51. The van der Waals surface area contributed by atoms with Gasteiger partial charge in [-0.15, -0.1) is 0 Å². The fourth-order valence-corrected chi connectivity index (χ4v) is 1.65. The molecule has 0 bridgehead atoms. The van der Waals surface area contributed by atoms with Crippen LogP contribution in [0, 0.1) is 0 Å². The molecule has 6 heteroatoms. The van der Waals surface area contributed by atoms with Crippen molar-refractivity contribution in [2.45, 2.75) is 13.0 Å². The van der Waals surface area contributed by atoms with Gasteiger partial charge in [0.15, 0.2) is 6.54 Å². The molecule has 0 spiro atoms. The molecule has 3 amide bonds. The van der Waals surface area contributed by atoms with Crippen LogP contribution >= 0.6 is 11.6 Å². The van der Waals surface area contributed by atoms with E-state index in [1.807, 2.05) is 30.4 Å². The number of hydrogen-bond donors (Lipinski definition) is 3. The van der Waals surface area contributed by atoms with Gasteiger partial charge in [-0.2, -0.15) is 0 Å². The molecule has 1 aromatic rings. The van der Waals surface area contributed by atoms with Crippen LogP contribution in [0.3, 0.4) is 0 Å². The quantitative estimate of drug-likeness (QED) is 0.742. The molecule has 0 radical (unpaired) electrons. The predicted octanol–water partition coefficient (Wildman–Crippen LogP) is 0.420. The number of halogens is 1. The second-order valence-electron chi connectivity index (χ2n) is 3.91. The average molecular weight is 271 g/mol. The smallest absolute Gasteiger partial charge is 0.321 e. The molecule has 5 nitrogen and oxygen atoms in total. The summed E-state index contributed by atoms with van der Waals surface area (Å²) in [6.07, 6.45) is 0. The summed E-state index contributed by atoms with van der Waals surface area (Å²) >= 11 is 5.89. The fraction of sp³-hybridized carbons (Fsp3) is 0.333. The fourth-order valence-electron chi connectivity index (χ4n) is 1.45. The van der Waals surface area contributed by atoms with Gasteiger partial charge in [0.1, 0.15) is 6.04 Å². The van der Waals surface area contributed by atoms with Gasteiger partial charge in [0, 0.05) is 17.6 Å². The molecule has 0 fully saturated rings. The van der Waals surface area contributed by atoms with E-state index < -0.39 is 6.03 Å². The van der Waals surface area contributed by atoms with Gasteiger partial charge in [-0.3, -0.25) is 10.1 Å². The summed E-state index contributed by atoms with van der Waals surface area (Å²) in [6.45, 7) is 2.15. The number of amides is 3. The third-order valence-corrected chi connectivity index (χ3v) is 2.75. The zero-order valence-corrected chi connectivity index (χ0v) is 11.1. The minimum absolute atomic E-state index is 0.0964. The highest BCUT2D eigenvalue weighted by atomic mass is 35.5. The van der Waals surface area contributed by atoms with Gasteiger partial charge in [-0.1, -0.05) is 23.7 Å². The van der Waals surface area contributed by atoms with Crippen LogP contribution in [0.5, 0.6) is 0 Å². The van der Waals surface area contributed by atoms with E-state index in [1.54, 1.807) is 6.07 Å². The molecule has 0 saturated heterocycles. The first-order valence-corrected chi connectivity index (χ1v) is 6.01. The van der Waals surface area contributed by atoms with Gasteiger partial charge >= 0.3 is 6.03 Å². The van der Waals surface area contributed by atoms with Crippen LogP contribution in [0.25, 0.3) is 0 Å². The Morgan fingerprint density at radius 3 is 2.78 bits per heavy atom. The molecule has 0 aliphatic rings. The summed E-state index contributed by atoms with van der Waals surface area (Å²) in [5, 5.41) is 7.03. The Hall–Kier alpha value is -1.59. The molecule has 1 atom stereocenters. The highest BCUT2D eigenvalue weighted by molar-refractivity contribution is 6.30. The monoisotopic (exact) mass is 270 g/mol. The van der Waals surface area contributed by atoms with Gasteiger partial charge < -0.3 is 10.6 Å². The van der Waals surface area contributed by atoms with Gasteiger partial charge in [0.2, 0.25) is 0 Å². The molecular weight excluding hydrogens is 254 g/mol. The summed E-state index contributed by atoms with van der Waals surface area (Å²) in [4.78, 5) is 22.3. The number of imide groups is 1. The maximum Gasteiger partial charge on any atom is 0.321 e. The Morgan fingerprint density at radius 2 is 2.17 bits per heavy atom. The van der Waals surface area contributed by atoms with E-state index in [9.17, 15) is 9.59 Å². The molecule has 98 valence electrons. The number of nitrogens with two attached hydrogens (primary N) is 1. The largest absolute Gasteiger partial charge is 0.341 e. The van der Waals surface area contributed by atoms with Gasteiger partial charge in [-0.25, -0.2) is 4.79 Å². The van der Waals surface area contributed by atoms with Crippen molar-refractivity contribution in [1.29, 1.82) is 0 Å². The first-order valence-electron chi connectivity index (χ1n) is 5.63. The molecule has 0 unspecified atom stereocenters. The number of benzene rings is 1. The van der Waals surface area contributed by atoms with Crippen LogP contribution in [-0.4, -0.2) is 25.5 Å². The number of hydrogen-bond acceptors (Lipinski definition) is 2. The van der Waals surface area contributed by atoms with E-state index in [0.29, 0.717) is 5.02 Å². The Labute approximate surface area is 111 Å². The van der Waals surface area contributed by atoms with E-state index in [4.69, 9.17) is 11.6 Å². The number of rotatable bonds is 4. The van der Waals surface area contributed by atoms with Crippen LogP contribution in [0.15, 0.2) is 24.3 Å². The lowest BCUT2D eigenvalue weighted by atomic mass is 10.1. The second-order valence-corrected chi connectivity index (χ2v) is 4.35. The molecule has 18 heavy (non-hydrogen) atoms. The predicted molar refractivity (Wildman–Crippen MR) is 69.3 cm³/mol. The maximum absolute atomic E-state index is 11.4. The van der Waals surface area contributed by atoms with Crippen LogP contribution < -0.4 is 16.0 Å². The van der Waals surface area contributed by atoms with Gasteiger partial charge in [-0.05, 0) is 19.1 Å². The summed E-state index contributed by atoms with van der Waals surface area (Å²) in [5.74, 6) is -0.330. The second kappa shape index (κ2) is 6.98. The van der Waals surface area contributed by atoms with Crippen molar-refractivity contribution in [3.8, 4) is 0 Å². The third kappa shape index (κ3) is 4.73. The molecule has 4 N–H and O–H groups in total. The summed E-state index contributed by atoms with van der Waals surface area (Å²) < 4.78 is 0. The first kappa shape index (κ1) is 14.5. The van der Waals surface area contributed by atoms with Gasteiger partial charge in [0.25, 0.3) is 5.91 Å². The van der Waals surface area contributed by atoms with Crippen LogP contribution in [-0.2, 0) is 4.79 Å². The van der Waals surface area contributed by atoms with Crippen LogP contribution in [0.2, 0.25) is 5.02 Å². The van der Waals surface area contributed by atoms with Crippen molar-refractivity contribution >= 4 is 23.5 Å². The molecule has 0 aliphatic heterocycles. The topological polar surface area (TPSA) is 74.8 Å². The zero-order valence-electron chi connectivity index (χ0n) is 10.4. The molecule has 1 aromatic carbocycles. The van der Waals surface area contributed by atoms with Crippen molar-refractivity contribution in [1.82, 2.24) is 10.6 Å². The summed E-state index contributed by atoms with van der Waals surface area (Å²) in [6, 6.07) is 7.08. The molecular formula is C12H17ClN3O2+. The number of urea groups is 1. The normalized spacial score (nSPS) is 11.7. The van der Waals surface area contributed by atoms with E-state index in [1.165, 1.54) is 7.05 Å². The highest BCUT2D eigenvalue weighted by Crippen LogP contribution is 2.14. The lowest BCUT2D eigenvalue weighted by molar-refractivity contribution is -0.682. The first-order chi connectivity index (χ1) is 8.52. The number of nitrogens with one attached hydrogen (secondary N) is 2. The Bertz CT molecular complexity index is 437. The van der Waals surface area contributed by atoms with Crippen molar-refractivity contribution in [3.63, 3.8) is 0 Å². The van der Waals surface area contributed by atoms with Gasteiger partial charge in [0.05, 0.1) is 0 Å². The van der Waals surface area contributed by atoms with E-state index in [2.05, 4.69) is 10.6 Å². The Balaban J connectivity index is 2.44. The lowest BCUT2D eigenvalue weighted by Crippen LogP contribution is -2.87. The molecule has 0 saturated carbocycles. The molecule has 1 rings (SSSR count). The van der Waals surface area contributed by atoms with E-state index in [0.717, 1.165) is 5.56 Å². The summed E-state index contributed by atoms with van der Waals surface area (Å²) in [5.41, 5.74) is 1.04. The number of quaternary nitrogens is 1. The SMILES string of the molecule is CNC(=O)NC(=O)C[NH2+][C@H](C)c1cccc(Cl)c1. The van der Waals surface area contributed by atoms with E-state index in [-0.39, 0.29) is 18.5 Å². The van der Waals surface area contributed by atoms with Crippen molar-refractivity contribution < 1.29 is 14.9 Å². The molecule has 0 aliphatic carbocycles. The van der Waals surface area contributed by atoms with Crippen LogP contribution in [0.4, 0.5) is 4.79 Å². The van der Waals surface area contributed by atoms with Crippen molar-refractivity contribution in [3.05, 3.63) is 34.9 Å². The molecule has 0 heterocycles. The van der Waals surface area contributed by atoms with Crippen LogP contribution in [0.1, 0.15) is 18.5 Å². The summed E-state index contributed by atoms with van der Waals surface area (Å²) in [7, 11) is 1.46. The van der Waals surface area contributed by atoms with Crippen molar-refractivity contribution in [2.24, 2.45) is 0 Å².